The molecule has 0 radical (unpaired) electrons. The maximum atomic E-state index is 13.2. The summed E-state index contributed by atoms with van der Waals surface area (Å²) in [7, 11) is 0. The molecule has 1 amide bonds. The molecule has 1 heterocycles. The summed E-state index contributed by atoms with van der Waals surface area (Å²) in [6.45, 7) is 0.969. The van der Waals surface area contributed by atoms with Crippen LogP contribution >= 0.6 is 15.9 Å². The molecule has 1 aromatic carbocycles. The van der Waals surface area contributed by atoms with Crippen LogP contribution in [0.2, 0.25) is 0 Å². The Hall–Kier alpha value is -1.47. The molecular weight excluding hydrogens is 369 g/mol. The molecule has 1 fully saturated rings. The van der Waals surface area contributed by atoms with Crippen molar-refractivity contribution in [1.82, 2.24) is 5.32 Å². The van der Waals surface area contributed by atoms with Gasteiger partial charge < -0.3 is 15.2 Å². The zero-order valence-corrected chi connectivity index (χ0v) is 14.1. The van der Waals surface area contributed by atoms with Crippen molar-refractivity contribution >= 4 is 27.8 Å². The van der Waals surface area contributed by atoms with Crippen LogP contribution in [0, 0.1) is 11.7 Å². The van der Waals surface area contributed by atoms with E-state index in [1.165, 1.54) is 12.1 Å². The summed E-state index contributed by atoms with van der Waals surface area (Å²) in [6, 6.07) is 3.33. The number of aliphatic carboxylic acids is 1. The molecule has 126 valence electrons. The monoisotopic (exact) mass is 387 g/mol. The van der Waals surface area contributed by atoms with E-state index in [1.807, 2.05) is 0 Å². The number of carboxylic acids is 1. The van der Waals surface area contributed by atoms with E-state index in [0.717, 1.165) is 10.9 Å². The Morgan fingerprint density at radius 2 is 2.26 bits per heavy atom. The van der Waals surface area contributed by atoms with Gasteiger partial charge in [-0.1, -0.05) is 15.9 Å². The molecule has 1 saturated heterocycles. The number of carboxylic acid groups (broad SMARTS) is 1. The lowest BCUT2D eigenvalue weighted by atomic mass is 9.93. The molecule has 2 atom stereocenters. The first-order valence-electron chi connectivity index (χ1n) is 7.51. The number of hydrogen-bond donors (Lipinski definition) is 2. The zero-order chi connectivity index (χ0) is 16.8. The number of amides is 1. The highest BCUT2D eigenvalue weighted by atomic mass is 79.9. The molecule has 2 rings (SSSR count). The molecule has 5 nitrogen and oxygen atoms in total. The maximum Gasteiger partial charge on any atom is 0.326 e. The largest absolute Gasteiger partial charge is 0.480 e. The number of ether oxygens (including phenoxy) is 1. The Bertz CT molecular complexity index is 575. The van der Waals surface area contributed by atoms with Gasteiger partial charge in [0, 0.05) is 23.4 Å². The van der Waals surface area contributed by atoms with Crippen LogP contribution in [0.15, 0.2) is 22.7 Å². The maximum absolute atomic E-state index is 13.2. The standard InChI is InChI=1S/C16H19BrFNO4/c17-13-5-4-12(18)8-10(13)3-6-14(20)19-15(16(21)22)11-2-1-7-23-9-11/h4-5,8,11,15H,1-3,6-7,9H2,(H,19,20)(H,21,22). The summed E-state index contributed by atoms with van der Waals surface area (Å²) in [4.78, 5) is 23.4. The molecule has 0 aliphatic carbocycles. The number of aryl methyl sites for hydroxylation is 1. The van der Waals surface area contributed by atoms with Gasteiger partial charge in [-0.2, -0.15) is 0 Å². The van der Waals surface area contributed by atoms with Crippen LogP contribution in [0.1, 0.15) is 24.8 Å². The van der Waals surface area contributed by atoms with E-state index >= 15 is 0 Å². The fourth-order valence-corrected chi connectivity index (χ4v) is 3.08. The summed E-state index contributed by atoms with van der Waals surface area (Å²) in [5, 5.41) is 11.9. The molecule has 1 aromatic rings. The predicted octanol–water partition coefficient (Wildman–Crippen LogP) is 2.52. The number of carbonyl (C=O) groups excluding carboxylic acids is 1. The molecule has 0 aromatic heterocycles. The highest BCUT2D eigenvalue weighted by Gasteiger charge is 2.31. The Kier molecular flexibility index (Phi) is 6.53. The number of benzene rings is 1. The minimum atomic E-state index is -1.05. The van der Waals surface area contributed by atoms with Gasteiger partial charge in [0.25, 0.3) is 0 Å². The van der Waals surface area contributed by atoms with Gasteiger partial charge in [-0.25, -0.2) is 9.18 Å². The van der Waals surface area contributed by atoms with Crippen LogP contribution in [-0.4, -0.2) is 36.2 Å². The van der Waals surface area contributed by atoms with Crippen molar-refractivity contribution < 1.29 is 23.8 Å². The van der Waals surface area contributed by atoms with Gasteiger partial charge >= 0.3 is 5.97 Å². The van der Waals surface area contributed by atoms with Gasteiger partial charge in [-0.3, -0.25) is 4.79 Å². The molecule has 0 spiro atoms. The Morgan fingerprint density at radius 1 is 1.48 bits per heavy atom. The highest BCUT2D eigenvalue weighted by Crippen LogP contribution is 2.20. The van der Waals surface area contributed by atoms with Gasteiger partial charge in [-0.05, 0) is 43.0 Å². The van der Waals surface area contributed by atoms with Crippen LogP contribution in [0.3, 0.4) is 0 Å². The first-order chi connectivity index (χ1) is 11.0. The predicted molar refractivity (Wildman–Crippen MR) is 85.5 cm³/mol. The van der Waals surface area contributed by atoms with Crippen molar-refractivity contribution in [2.75, 3.05) is 13.2 Å². The van der Waals surface area contributed by atoms with E-state index in [9.17, 15) is 19.1 Å². The number of halogens is 2. The topological polar surface area (TPSA) is 75.6 Å². The summed E-state index contributed by atoms with van der Waals surface area (Å²) < 4.78 is 19.2. The van der Waals surface area contributed by atoms with Gasteiger partial charge in [0.2, 0.25) is 5.91 Å². The fourth-order valence-electron chi connectivity index (χ4n) is 2.64. The second-order valence-corrected chi connectivity index (χ2v) is 6.45. The number of rotatable bonds is 6. The first kappa shape index (κ1) is 17.9. The average molecular weight is 388 g/mol. The summed E-state index contributed by atoms with van der Waals surface area (Å²) in [5.74, 6) is -2.00. The SMILES string of the molecule is O=C(CCc1cc(F)ccc1Br)NC(C(=O)O)C1CCCOC1. The number of nitrogens with one attached hydrogen (secondary N) is 1. The minimum Gasteiger partial charge on any atom is -0.480 e. The van der Waals surface area contributed by atoms with Crippen molar-refractivity contribution in [3.63, 3.8) is 0 Å². The van der Waals surface area contributed by atoms with Gasteiger partial charge in [-0.15, -0.1) is 0 Å². The molecule has 0 bridgehead atoms. The summed E-state index contributed by atoms with van der Waals surface area (Å²) in [6.07, 6.45) is 1.93. The van der Waals surface area contributed by atoms with Crippen molar-refractivity contribution in [3.05, 3.63) is 34.1 Å². The molecule has 0 saturated carbocycles. The van der Waals surface area contributed by atoms with Gasteiger partial charge in [0.15, 0.2) is 0 Å². The average Bonchev–Trinajstić information content (AvgIpc) is 2.54. The second kappa shape index (κ2) is 8.40. The molecule has 23 heavy (non-hydrogen) atoms. The van der Waals surface area contributed by atoms with E-state index in [0.29, 0.717) is 31.6 Å². The Morgan fingerprint density at radius 3 is 2.91 bits per heavy atom. The van der Waals surface area contributed by atoms with Crippen molar-refractivity contribution in [2.24, 2.45) is 5.92 Å². The highest BCUT2D eigenvalue weighted by molar-refractivity contribution is 9.10. The van der Waals surface area contributed by atoms with Gasteiger partial charge in [0.1, 0.15) is 11.9 Å². The van der Waals surface area contributed by atoms with Crippen LogP contribution in [-0.2, 0) is 20.7 Å². The normalized spacial score (nSPS) is 19.1. The third-order valence-corrected chi connectivity index (χ3v) is 4.65. The van der Waals surface area contributed by atoms with Crippen LogP contribution < -0.4 is 5.32 Å². The lowest BCUT2D eigenvalue weighted by Gasteiger charge is -2.28. The smallest absolute Gasteiger partial charge is 0.326 e. The Balaban J connectivity index is 1.91. The number of carbonyl (C=O) groups is 2. The van der Waals surface area contributed by atoms with Crippen LogP contribution in [0.25, 0.3) is 0 Å². The molecule has 1 aliphatic heterocycles. The van der Waals surface area contributed by atoms with Gasteiger partial charge in [0.05, 0.1) is 6.61 Å². The van der Waals surface area contributed by atoms with Crippen molar-refractivity contribution in [1.29, 1.82) is 0 Å². The lowest BCUT2D eigenvalue weighted by Crippen LogP contribution is -2.48. The quantitative estimate of drug-likeness (QED) is 0.786. The van der Waals surface area contributed by atoms with E-state index in [-0.39, 0.29) is 24.1 Å². The van der Waals surface area contributed by atoms with E-state index in [2.05, 4.69) is 21.2 Å². The summed E-state index contributed by atoms with van der Waals surface area (Å²) in [5.41, 5.74) is 0.674. The lowest BCUT2D eigenvalue weighted by molar-refractivity contribution is -0.145. The third-order valence-electron chi connectivity index (χ3n) is 3.88. The molecule has 2 unspecified atom stereocenters. The third kappa shape index (κ3) is 5.28. The fraction of sp³-hybridized carbons (Fsp3) is 0.500. The zero-order valence-electron chi connectivity index (χ0n) is 12.6. The van der Waals surface area contributed by atoms with Crippen LogP contribution in [0.5, 0.6) is 0 Å². The van der Waals surface area contributed by atoms with E-state index in [4.69, 9.17) is 4.74 Å². The van der Waals surface area contributed by atoms with E-state index in [1.54, 1.807) is 6.07 Å². The second-order valence-electron chi connectivity index (χ2n) is 5.60. The molecular formula is C16H19BrFNO4. The Labute approximate surface area is 142 Å². The number of hydrogen-bond acceptors (Lipinski definition) is 3. The van der Waals surface area contributed by atoms with Crippen molar-refractivity contribution in [3.8, 4) is 0 Å². The summed E-state index contributed by atoms with van der Waals surface area (Å²) >= 11 is 3.31. The molecule has 7 heteroatoms. The van der Waals surface area contributed by atoms with Crippen molar-refractivity contribution in [2.45, 2.75) is 31.7 Å². The molecule has 2 N–H and O–H groups in total. The molecule has 1 aliphatic rings. The first-order valence-corrected chi connectivity index (χ1v) is 8.30. The van der Waals surface area contributed by atoms with E-state index < -0.39 is 12.0 Å². The minimum absolute atomic E-state index is 0.0966. The van der Waals surface area contributed by atoms with Crippen LogP contribution in [0.4, 0.5) is 4.39 Å².